The number of benzene rings is 1. The fraction of sp³-hybridized carbons (Fsp3) is 0.455. The lowest BCUT2D eigenvalue weighted by molar-refractivity contribution is 0.386. The Balaban J connectivity index is 3.38. The van der Waals surface area contributed by atoms with Crippen LogP contribution >= 0.6 is 0 Å². The van der Waals surface area contributed by atoms with Crippen LogP contribution in [0.4, 0.5) is 10.1 Å². The Labute approximate surface area is 84.1 Å². The first-order chi connectivity index (χ1) is 6.65. The van der Waals surface area contributed by atoms with Crippen LogP contribution in [-0.4, -0.2) is 14.2 Å². The van der Waals surface area contributed by atoms with E-state index in [1.54, 1.807) is 14.0 Å². The highest BCUT2D eigenvalue weighted by molar-refractivity contribution is 5.60. The molecule has 0 bridgehead atoms. The van der Waals surface area contributed by atoms with E-state index in [2.05, 4.69) is 5.32 Å². The Morgan fingerprint density at radius 3 is 2.57 bits per heavy atom. The summed E-state index contributed by atoms with van der Waals surface area (Å²) < 4.78 is 18.7. The smallest absolute Gasteiger partial charge is 0.177 e. The van der Waals surface area contributed by atoms with Gasteiger partial charge >= 0.3 is 0 Å². The van der Waals surface area contributed by atoms with Crippen LogP contribution in [0.2, 0.25) is 0 Å². The molecule has 1 aromatic carbocycles. The van der Waals surface area contributed by atoms with Crippen molar-refractivity contribution in [3.05, 3.63) is 23.0 Å². The molecule has 0 aliphatic heterocycles. The Morgan fingerprint density at radius 2 is 2.14 bits per heavy atom. The van der Waals surface area contributed by atoms with Crippen LogP contribution in [0.5, 0.6) is 5.75 Å². The number of methoxy groups -OCH3 is 1. The molecule has 0 heterocycles. The molecule has 1 rings (SSSR count). The maximum Gasteiger partial charge on any atom is 0.177 e. The molecule has 0 saturated carbocycles. The van der Waals surface area contributed by atoms with Crippen LogP contribution in [0.3, 0.4) is 0 Å². The number of anilines is 1. The van der Waals surface area contributed by atoms with E-state index in [-0.39, 0.29) is 5.82 Å². The van der Waals surface area contributed by atoms with Crippen LogP contribution in [0, 0.1) is 12.7 Å². The third kappa shape index (κ3) is 1.67. The SMILES string of the molecule is CCc1cc(NC)c(OC)c(F)c1C. The first kappa shape index (κ1) is 10.8. The molecular weight excluding hydrogens is 181 g/mol. The van der Waals surface area contributed by atoms with Crippen molar-refractivity contribution in [1.82, 2.24) is 0 Å². The average Bonchev–Trinajstić information content (AvgIpc) is 2.21. The van der Waals surface area contributed by atoms with E-state index in [4.69, 9.17) is 4.74 Å². The molecule has 0 atom stereocenters. The summed E-state index contributed by atoms with van der Waals surface area (Å²) >= 11 is 0. The summed E-state index contributed by atoms with van der Waals surface area (Å²) in [6.45, 7) is 3.78. The van der Waals surface area contributed by atoms with Crippen LogP contribution < -0.4 is 10.1 Å². The Morgan fingerprint density at radius 1 is 1.50 bits per heavy atom. The summed E-state index contributed by atoms with van der Waals surface area (Å²) in [6, 6.07) is 1.93. The van der Waals surface area contributed by atoms with Crippen molar-refractivity contribution in [2.24, 2.45) is 0 Å². The molecule has 3 heteroatoms. The van der Waals surface area contributed by atoms with Gasteiger partial charge in [0.05, 0.1) is 12.8 Å². The van der Waals surface area contributed by atoms with E-state index >= 15 is 0 Å². The van der Waals surface area contributed by atoms with Crippen LogP contribution in [0.25, 0.3) is 0 Å². The zero-order valence-corrected chi connectivity index (χ0v) is 9.07. The number of hydrogen-bond acceptors (Lipinski definition) is 2. The fourth-order valence-electron chi connectivity index (χ4n) is 1.53. The summed E-state index contributed by atoms with van der Waals surface area (Å²) in [5.74, 6) is 0.0263. The Kier molecular flexibility index (Phi) is 3.33. The van der Waals surface area contributed by atoms with Gasteiger partial charge in [0.25, 0.3) is 0 Å². The van der Waals surface area contributed by atoms with Gasteiger partial charge in [-0.15, -0.1) is 0 Å². The minimum Gasteiger partial charge on any atom is -0.492 e. The number of rotatable bonds is 3. The molecule has 0 amide bonds. The molecule has 14 heavy (non-hydrogen) atoms. The summed E-state index contributed by atoms with van der Waals surface area (Å²) in [7, 11) is 3.23. The van der Waals surface area contributed by atoms with Crippen LogP contribution in [-0.2, 0) is 6.42 Å². The van der Waals surface area contributed by atoms with Gasteiger partial charge in [0.15, 0.2) is 11.6 Å². The molecule has 0 fully saturated rings. The van der Waals surface area contributed by atoms with E-state index in [1.807, 2.05) is 13.0 Å². The second-order valence-corrected chi connectivity index (χ2v) is 3.16. The first-order valence-corrected chi connectivity index (χ1v) is 4.69. The lowest BCUT2D eigenvalue weighted by atomic mass is 10.0. The van der Waals surface area contributed by atoms with Gasteiger partial charge in [-0.05, 0) is 30.5 Å². The number of aryl methyl sites for hydroxylation is 1. The number of halogens is 1. The predicted molar refractivity (Wildman–Crippen MR) is 56.6 cm³/mol. The number of hydrogen-bond donors (Lipinski definition) is 1. The fourth-order valence-corrected chi connectivity index (χ4v) is 1.53. The van der Waals surface area contributed by atoms with Gasteiger partial charge in [-0.3, -0.25) is 0 Å². The van der Waals surface area contributed by atoms with Gasteiger partial charge in [-0.25, -0.2) is 4.39 Å². The molecule has 0 radical (unpaired) electrons. The molecule has 1 aromatic rings. The second kappa shape index (κ2) is 4.31. The lowest BCUT2D eigenvalue weighted by Gasteiger charge is -2.13. The van der Waals surface area contributed by atoms with Crippen LogP contribution in [0.1, 0.15) is 18.1 Å². The highest BCUT2D eigenvalue weighted by atomic mass is 19.1. The predicted octanol–water partition coefficient (Wildman–Crippen LogP) is 2.75. The minimum absolute atomic E-state index is 0.267. The number of ether oxygens (including phenoxy) is 1. The van der Waals surface area contributed by atoms with E-state index < -0.39 is 0 Å². The van der Waals surface area contributed by atoms with Crippen molar-refractivity contribution in [3.63, 3.8) is 0 Å². The zero-order chi connectivity index (χ0) is 10.7. The topological polar surface area (TPSA) is 21.3 Å². The molecule has 2 nitrogen and oxygen atoms in total. The van der Waals surface area contributed by atoms with Gasteiger partial charge < -0.3 is 10.1 Å². The summed E-state index contributed by atoms with van der Waals surface area (Å²) in [4.78, 5) is 0. The molecule has 0 saturated heterocycles. The second-order valence-electron chi connectivity index (χ2n) is 3.16. The molecule has 78 valence electrons. The summed E-state index contributed by atoms with van der Waals surface area (Å²) in [5.41, 5.74) is 2.38. The average molecular weight is 197 g/mol. The minimum atomic E-state index is -0.267. The summed E-state index contributed by atoms with van der Waals surface area (Å²) in [5, 5.41) is 2.92. The van der Waals surface area contributed by atoms with Gasteiger partial charge in [0.2, 0.25) is 0 Å². The monoisotopic (exact) mass is 197 g/mol. The third-order valence-corrected chi connectivity index (χ3v) is 2.43. The van der Waals surface area contributed by atoms with E-state index in [9.17, 15) is 4.39 Å². The van der Waals surface area contributed by atoms with Crippen molar-refractivity contribution in [2.45, 2.75) is 20.3 Å². The molecule has 0 aromatic heterocycles. The van der Waals surface area contributed by atoms with Crippen LogP contribution in [0.15, 0.2) is 6.07 Å². The molecule has 0 aliphatic carbocycles. The van der Waals surface area contributed by atoms with Crippen molar-refractivity contribution in [2.75, 3.05) is 19.5 Å². The normalized spacial score (nSPS) is 10.1. The highest BCUT2D eigenvalue weighted by Crippen LogP contribution is 2.32. The molecule has 1 N–H and O–H groups in total. The van der Waals surface area contributed by atoms with Crippen molar-refractivity contribution in [1.29, 1.82) is 0 Å². The zero-order valence-electron chi connectivity index (χ0n) is 9.07. The number of nitrogens with one attached hydrogen (secondary N) is 1. The standard InChI is InChI=1S/C11H16FNO/c1-5-8-6-9(13-3)11(14-4)10(12)7(8)2/h6,13H,5H2,1-4H3. The van der Waals surface area contributed by atoms with E-state index in [0.29, 0.717) is 17.0 Å². The Bertz CT molecular complexity index is 337. The van der Waals surface area contributed by atoms with Gasteiger partial charge in [-0.2, -0.15) is 0 Å². The molecular formula is C11H16FNO. The molecule has 0 aliphatic rings. The maximum absolute atomic E-state index is 13.7. The Hall–Kier alpha value is -1.25. The maximum atomic E-state index is 13.7. The van der Waals surface area contributed by atoms with E-state index in [0.717, 1.165) is 12.0 Å². The molecule has 0 spiro atoms. The summed E-state index contributed by atoms with van der Waals surface area (Å²) in [6.07, 6.45) is 0.821. The van der Waals surface area contributed by atoms with Crippen molar-refractivity contribution < 1.29 is 9.13 Å². The van der Waals surface area contributed by atoms with Gasteiger partial charge in [-0.1, -0.05) is 6.92 Å². The largest absolute Gasteiger partial charge is 0.492 e. The first-order valence-electron chi connectivity index (χ1n) is 4.69. The highest BCUT2D eigenvalue weighted by Gasteiger charge is 2.14. The van der Waals surface area contributed by atoms with Gasteiger partial charge in [0.1, 0.15) is 0 Å². The lowest BCUT2D eigenvalue weighted by Crippen LogP contribution is -2.01. The van der Waals surface area contributed by atoms with Gasteiger partial charge in [0, 0.05) is 7.05 Å². The van der Waals surface area contributed by atoms with Crippen molar-refractivity contribution >= 4 is 5.69 Å². The molecule has 0 unspecified atom stereocenters. The van der Waals surface area contributed by atoms with Crippen molar-refractivity contribution in [3.8, 4) is 5.75 Å². The quantitative estimate of drug-likeness (QED) is 0.804. The third-order valence-electron chi connectivity index (χ3n) is 2.43. The van der Waals surface area contributed by atoms with E-state index in [1.165, 1.54) is 7.11 Å².